The van der Waals surface area contributed by atoms with Crippen LogP contribution in [0.5, 0.6) is 0 Å². The molecule has 0 fully saturated rings. The Morgan fingerprint density at radius 3 is 2.57 bits per heavy atom. The average molecular weight is 203 g/mol. The standard InChI is InChI=1S/C11H25NO2/c1-4-11(2,7-9-13)12-8-5-6-10-14-3/h12-13H,4-10H2,1-3H3. The van der Waals surface area contributed by atoms with E-state index in [2.05, 4.69) is 19.2 Å². The molecule has 0 aromatic heterocycles. The van der Waals surface area contributed by atoms with Gasteiger partial charge in [-0.15, -0.1) is 0 Å². The van der Waals surface area contributed by atoms with E-state index >= 15 is 0 Å². The van der Waals surface area contributed by atoms with Crippen LogP contribution in [0.2, 0.25) is 0 Å². The lowest BCUT2D eigenvalue weighted by Gasteiger charge is -2.29. The fraction of sp³-hybridized carbons (Fsp3) is 1.00. The average Bonchev–Trinajstić information content (AvgIpc) is 2.18. The molecule has 1 unspecified atom stereocenters. The van der Waals surface area contributed by atoms with Crippen LogP contribution in [0.3, 0.4) is 0 Å². The molecule has 0 aliphatic rings. The number of hydrogen-bond acceptors (Lipinski definition) is 3. The summed E-state index contributed by atoms with van der Waals surface area (Å²) in [5.41, 5.74) is 0.0990. The highest BCUT2D eigenvalue weighted by Crippen LogP contribution is 2.13. The summed E-state index contributed by atoms with van der Waals surface area (Å²) in [4.78, 5) is 0. The Labute approximate surface area is 87.8 Å². The van der Waals surface area contributed by atoms with E-state index in [1.165, 1.54) is 0 Å². The summed E-state index contributed by atoms with van der Waals surface area (Å²) in [5, 5.41) is 12.4. The monoisotopic (exact) mass is 203 g/mol. The van der Waals surface area contributed by atoms with Crippen LogP contribution in [0.15, 0.2) is 0 Å². The van der Waals surface area contributed by atoms with Crippen molar-refractivity contribution in [2.24, 2.45) is 0 Å². The van der Waals surface area contributed by atoms with Gasteiger partial charge >= 0.3 is 0 Å². The van der Waals surface area contributed by atoms with E-state index in [0.717, 1.165) is 38.8 Å². The normalized spacial score (nSPS) is 15.4. The topological polar surface area (TPSA) is 41.5 Å². The van der Waals surface area contributed by atoms with Gasteiger partial charge in [-0.25, -0.2) is 0 Å². The lowest BCUT2D eigenvalue weighted by atomic mass is 9.95. The minimum absolute atomic E-state index is 0.0990. The zero-order valence-corrected chi connectivity index (χ0v) is 9.81. The second kappa shape index (κ2) is 8.21. The summed E-state index contributed by atoms with van der Waals surface area (Å²) in [5.74, 6) is 0. The largest absolute Gasteiger partial charge is 0.396 e. The minimum Gasteiger partial charge on any atom is -0.396 e. The van der Waals surface area contributed by atoms with Crippen molar-refractivity contribution in [3.05, 3.63) is 0 Å². The van der Waals surface area contributed by atoms with Gasteiger partial charge in [-0.2, -0.15) is 0 Å². The predicted molar refractivity (Wildman–Crippen MR) is 59.5 cm³/mol. The van der Waals surface area contributed by atoms with E-state index in [1.54, 1.807) is 7.11 Å². The van der Waals surface area contributed by atoms with Crippen LogP contribution in [0, 0.1) is 0 Å². The molecular weight excluding hydrogens is 178 g/mol. The Kier molecular flexibility index (Phi) is 8.14. The molecule has 3 heteroatoms. The first-order valence-electron chi connectivity index (χ1n) is 5.53. The van der Waals surface area contributed by atoms with Gasteiger partial charge in [-0.1, -0.05) is 6.92 Å². The van der Waals surface area contributed by atoms with Gasteiger partial charge in [-0.3, -0.25) is 0 Å². The summed E-state index contributed by atoms with van der Waals surface area (Å²) in [6.45, 7) is 6.42. The van der Waals surface area contributed by atoms with Crippen molar-refractivity contribution in [1.82, 2.24) is 5.32 Å². The lowest BCUT2D eigenvalue weighted by molar-refractivity contribution is 0.187. The molecule has 0 aromatic rings. The van der Waals surface area contributed by atoms with E-state index in [0.29, 0.717) is 0 Å². The van der Waals surface area contributed by atoms with Gasteiger partial charge in [0.1, 0.15) is 0 Å². The van der Waals surface area contributed by atoms with E-state index in [4.69, 9.17) is 9.84 Å². The molecule has 0 aromatic carbocycles. The Balaban J connectivity index is 3.51. The quantitative estimate of drug-likeness (QED) is 0.559. The first-order valence-corrected chi connectivity index (χ1v) is 5.53. The van der Waals surface area contributed by atoms with Crippen LogP contribution in [0.1, 0.15) is 39.5 Å². The number of rotatable bonds is 9. The maximum Gasteiger partial charge on any atom is 0.0462 e. The summed E-state index contributed by atoms with van der Waals surface area (Å²) in [6, 6.07) is 0. The third kappa shape index (κ3) is 6.35. The molecular formula is C11H25NO2. The van der Waals surface area contributed by atoms with Crippen LogP contribution in [0.4, 0.5) is 0 Å². The fourth-order valence-corrected chi connectivity index (χ4v) is 1.40. The summed E-state index contributed by atoms with van der Waals surface area (Å²) in [6.07, 6.45) is 4.11. The first-order chi connectivity index (χ1) is 6.68. The summed E-state index contributed by atoms with van der Waals surface area (Å²) in [7, 11) is 1.73. The van der Waals surface area contributed by atoms with Crippen LogP contribution in [-0.4, -0.2) is 37.5 Å². The molecule has 0 heterocycles. The molecule has 14 heavy (non-hydrogen) atoms. The third-order valence-electron chi connectivity index (χ3n) is 2.77. The molecule has 0 spiro atoms. The van der Waals surface area contributed by atoms with Crippen molar-refractivity contribution in [3.8, 4) is 0 Å². The van der Waals surface area contributed by atoms with E-state index in [1.807, 2.05) is 0 Å². The Morgan fingerprint density at radius 2 is 2.07 bits per heavy atom. The maximum atomic E-state index is 8.91. The summed E-state index contributed by atoms with van der Waals surface area (Å²) < 4.78 is 4.98. The first kappa shape index (κ1) is 13.9. The second-order valence-electron chi connectivity index (χ2n) is 4.01. The molecule has 0 amide bonds. The number of unbranched alkanes of at least 4 members (excludes halogenated alkanes) is 1. The fourth-order valence-electron chi connectivity index (χ4n) is 1.40. The number of methoxy groups -OCH3 is 1. The van der Waals surface area contributed by atoms with Crippen LogP contribution in [0.25, 0.3) is 0 Å². The number of ether oxygens (including phenoxy) is 1. The molecule has 3 nitrogen and oxygen atoms in total. The number of aliphatic hydroxyl groups excluding tert-OH is 1. The summed E-state index contributed by atoms with van der Waals surface area (Å²) >= 11 is 0. The highest BCUT2D eigenvalue weighted by atomic mass is 16.5. The number of nitrogens with one attached hydrogen (secondary N) is 1. The van der Waals surface area contributed by atoms with Gasteiger partial charge in [0.2, 0.25) is 0 Å². The van der Waals surface area contributed by atoms with Crippen molar-refractivity contribution in [2.45, 2.75) is 45.1 Å². The zero-order valence-electron chi connectivity index (χ0n) is 9.81. The predicted octanol–water partition coefficient (Wildman–Crippen LogP) is 1.55. The molecule has 0 bridgehead atoms. The maximum absolute atomic E-state index is 8.91. The second-order valence-corrected chi connectivity index (χ2v) is 4.01. The van der Waals surface area contributed by atoms with Gasteiger partial charge in [0, 0.05) is 25.9 Å². The van der Waals surface area contributed by atoms with Gasteiger partial charge < -0.3 is 15.2 Å². The molecule has 86 valence electrons. The van der Waals surface area contributed by atoms with E-state index < -0.39 is 0 Å². The van der Waals surface area contributed by atoms with Crippen LogP contribution >= 0.6 is 0 Å². The van der Waals surface area contributed by atoms with Gasteiger partial charge in [-0.05, 0) is 39.2 Å². The smallest absolute Gasteiger partial charge is 0.0462 e. The zero-order chi connectivity index (χ0) is 10.9. The molecule has 2 N–H and O–H groups in total. The molecule has 0 aliphatic carbocycles. The molecule has 0 saturated heterocycles. The van der Waals surface area contributed by atoms with Crippen molar-refractivity contribution >= 4 is 0 Å². The molecule has 0 aliphatic heterocycles. The van der Waals surface area contributed by atoms with Crippen molar-refractivity contribution in [2.75, 3.05) is 26.9 Å². The SMILES string of the molecule is CCC(C)(CCO)NCCCCOC. The molecule has 0 rings (SSSR count). The molecule has 1 atom stereocenters. The van der Waals surface area contributed by atoms with E-state index in [9.17, 15) is 0 Å². The lowest BCUT2D eigenvalue weighted by Crippen LogP contribution is -2.43. The highest BCUT2D eigenvalue weighted by molar-refractivity contribution is 4.80. The van der Waals surface area contributed by atoms with Gasteiger partial charge in [0.05, 0.1) is 0 Å². The van der Waals surface area contributed by atoms with Gasteiger partial charge in [0.25, 0.3) is 0 Å². The highest BCUT2D eigenvalue weighted by Gasteiger charge is 2.19. The minimum atomic E-state index is 0.0990. The molecule has 0 saturated carbocycles. The van der Waals surface area contributed by atoms with Crippen LogP contribution in [-0.2, 0) is 4.74 Å². The van der Waals surface area contributed by atoms with Crippen molar-refractivity contribution in [3.63, 3.8) is 0 Å². The number of hydrogen-bond donors (Lipinski definition) is 2. The van der Waals surface area contributed by atoms with Crippen LogP contribution < -0.4 is 5.32 Å². The Bertz CT molecular complexity index is 130. The van der Waals surface area contributed by atoms with E-state index in [-0.39, 0.29) is 12.1 Å². The Morgan fingerprint density at radius 1 is 1.36 bits per heavy atom. The van der Waals surface area contributed by atoms with Crippen molar-refractivity contribution < 1.29 is 9.84 Å². The third-order valence-corrected chi connectivity index (χ3v) is 2.77. The Hall–Kier alpha value is -0.120. The molecule has 0 radical (unpaired) electrons. The number of aliphatic hydroxyl groups is 1. The van der Waals surface area contributed by atoms with Gasteiger partial charge in [0.15, 0.2) is 0 Å². The van der Waals surface area contributed by atoms with Crippen molar-refractivity contribution in [1.29, 1.82) is 0 Å².